The Morgan fingerprint density at radius 2 is 1.96 bits per heavy atom. The Kier molecular flexibility index (Phi) is 5.93. The van der Waals surface area contributed by atoms with Crippen molar-refractivity contribution in [2.75, 3.05) is 13.7 Å². The number of rotatable bonds is 7. The van der Waals surface area contributed by atoms with Gasteiger partial charge in [0.2, 0.25) is 0 Å². The quantitative estimate of drug-likeness (QED) is 0.846. The summed E-state index contributed by atoms with van der Waals surface area (Å²) in [6.07, 6.45) is 0. The molecule has 124 valence electrons. The maximum absolute atomic E-state index is 13.0. The molecule has 0 aliphatic heterocycles. The molecule has 0 unspecified atom stereocenters. The summed E-state index contributed by atoms with van der Waals surface area (Å²) in [7, 11) is 1.62. The number of benzene rings is 1. The first-order valence-corrected chi connectivity index (χ1v) is 8.39. The summed E-state index contributed by atoms with van der Waals surface area (Å²) in [5, 5.41) is 12.1. The van der Waals surface area contributed by atoms with Crippen molar-refractivity contribution < 1.29 is 14.6 Å². The third kappa shape index (κ3) is 5.16. The van der Waals surface area contributed by atoms with E-state index in [1.807, 2.05) is 41.8 Å². The van der Waals surface area contributed by atoms with Crippen molar-refractivity contribution in [2.45, 2.75) is 32.6 Å². The average molecular weight is 333 g/mol. The van der Waals surface area contributed by atoms with E-state index < -0.39 is 5.60 Å². The first-order valence-electron chi connectivity index (χ1n) is 7.51. The molecule has 0 aliphatic carbocycles. The highest BCUT2D eigenvalue weighted by molar-refractivity contribution is 7.12. The van der Waals surface area contributed by atoms with Crippen molar-refractivity contribution in [3.05, 3.63) is 57.8 Å². The molecule has 0 fully saturated rings. The summed E-state index contributed by atoms with van der Waals surface area (Å²) < 4.78 is 5.16. The summed E-state index contributed by atoms with van der Waals surface area (Å²) in [4.78, 5) is 15.3. The smallest absolute Gasteiger partial charge is 0.264 e. The van der Waals surface area contributed by atoms with Crippen LogP contribution in [0.15, 0.2) is 41.8 Å². The molecule has 1 heterocycles. The number of amides is 1. The van der Waals surface area contributed by atoms with Gasteiger partial charge in [-0.05, 0) is 30.9 Å². The number of carbonyl (C=O) groups is 1. The average Bonchev–Trinajstić information content (AvgIpc) is 2.94. The van der Waals surface area contributed by atoms with Crippen LogP contribution in [0.5, 0.6) is 0 Å². The predicted molar refractivity (Wildman–Crippen MR) is 92.5 cm³/mol. The third-order valence-electron chi connectivity index (χ3n) is 3.32. The fraction of sp³-hybridized carbons (Fsp3) is 0.389. The first kappa shape index (κ1) is 17.7. The monoisotopic (exact) mass is 333 g/mol. The molecule has 1 amide bonds. The number of nitrogens with zero attached hydrogens (tertiary/aromatic N) is 1. The molecule has 1 N–H and O–H groups in total. The van der Waals surface area contributed by atoms with Crippen LogP contribution < -0.4 is 0 Å². The molecule has 0 radical (unpaired) electrons. The molecular weight excluding hydrogens is 310 g/mol. The standard InChI is InChI=1S/C18H23NO3S/c1-18(2,21)13-19(11-14-7-5-4-6-8-14)17(20)16-15(12-22-3)9-10-23-16/h4-10,21H,11-13H2,1-3H3. The van der Waals surface area contributed by atoms with Crippen molar-refractivity contribution in [1.82, 2.24) is 4.90 Å². The largest absolute Gasteiger partial charge is 0.389 e. The highest BCUT2D eigenvalue weighted by Gasteiger charge is 2.26. The number of hydrogen-bond acceptors (Lipinski definition) is 4. The molecule has 0 saturated heterocycles. The Labute approximate surface area is 141 Å². The SMILES string of the molecule is COCc1ccsc1C(=O)N(Cc1ccccc1)CC(C)(C)O. The van der Waals surface area contributed by atoms with Crippen molar-refractivity contribution in [3.63, 3.8) is 0 Å². The van der Waals surface area contributed by atoms with Gasteiger partial charge >= 0.3 is 0 Å². The van der Waals surface area contributed by atoms with Gasteiger partial charge in [-0.3, -0.25) is 4.79 Å². The van der Waals surface area contributed by atoms with Gasteiger partial charge in [-0.1, -0.05) is 30.3 Å². The first-order chi connectivity index (χ1) is 10.9. The minimum absolute atomic E-state index is 0.0713. The minimum Gasteiger partial charge on any atom is -0.389 e. The van der Waals surface area contributed by atoms with E-state index in [2.05, 4.69) is 0 Å². The number of hydrogen-bond donors (Lipinski definition) is 1. The maximum atomic E-state index is 13.0. The highest BCUT2D eigenvalue weighted by atomic mass is 32.1. The van der Waals surface area contributed by atoms with Gasteiger partial charge in [-0.25, -0.2) is 0 Å². The zero-order valence-corrected chi connectivity index (χ0v) is 14.6. The molecule has 0 bridgehead atoms. The van der Waals surface area contributed by atoms with E-state index in [0.29, 0.717) is 18.0 Å². The van der Waals surface area contributed by atoms with Gasteiger partial charge in [-0.2, -0.15) is 0 Å². The Morgan fingerprint density at radius 1 is 1.26 bits per heavy atom. The summed E-state index contributed by atoms with van der Waals surface area (Å²) in [5.74, 6) is -0.0713. The number of aliphatic hydroxyl groups is 1. The van der Waals surface area contributed by atoms with Gasteiger partial charge in [0, 0.05) is 25.8 Å². The number of ether oxygens (including phenoxy) is 1. The fourth-order valence-electron chi connectivity index (χ4n) is 2.41. The molecule has 0 saturated carbocycles. The van der Waals surface area contributed by atoms with Gasteiger partial charge in [0.25, 0.3) is 5.91 Å². The zero-order valence-electron chi connectivity index (χ0n) is 13.8. The Hall–Kier alpha value is -1.69. The van der Waals surface area contributed by atoms with Gasteiger partial charge < -0.3 is 14.7 Å². The van der Waals surface area contributed by atoms with Crippen molar-refractivity contribution >= 4 is 17.2 Å². The van der Waals surface area contributed by atoms with Crippen LogP contribution in [0.25, 0.3) is 0 Å². The van der Waals surface area contributed by atoms with Gasteiger partial charge in [0.05, 0.1) is 17.1 Å². The second-order valence-corrected chi connectivity index (χ2v) is 7.08. The van der Waals surface area contributed by atoms with E-state index in [-0.39, 0.29) is 12.5 Å². The van der Waals surface area contributed by atoms with Crippen molar-refractivity contribution in [1.29, 1.82) is 0 Å². The number of methoxy groups -OCH3 is 1. The molecule has 0 aliphatic rings. The van der Waals surface area contributed by atoms with Crippen molar-refractivity contribution in [2.24, 2.45) is 0 Å². The van der Waals surface area contributed by atoms with Crippen LogP contribution in [0.2, 0.25) is 0 Å². The molecule has 2 rings (SSSR count). The van der Waals surface area contributed by atoms with Crippen LogP contribution >= 0.6 is 11.3 Å². The highest BCUT2D eigenvalue weighted by Crippen LogP contribution is 2.22. The topological polar surface area (TPSA) is 49.8 Å². The molecular formula is C18H23NO3S. The van der Waals surface area contributed by atoms with Crippen LogP contribution in [0, 0.1) is 0 Å². The van der Waals surface area contributed by atoms with E-state index in [4.69, 9.17) is 4.74 Å². The Bertz CT molecular complexity index is 631. The molecule has 0 spiro atoms. The lowest BCUT2D eigenvalue weighted by Crippen LogP contribution is -2.41. The molecule has 23 heavy (non-hydrogen) atoms. The number of thiophene rings is 1. The lowest BCUT2D eigenvalue weighted by atomic mass is 10.1. The summed E-state index contributed by atoms with van der Waals surface area (Å²) in [6, 6.07) is 11.7. The molecule has 1 aromatic heterocycles. The summed E-state index contributed by atoms with van der Waals surface area (Å²) in [6.45, 7) is 4.57. The summed E-state index contributed by atoms with van der Waals surface area (Å²) >= 11 is 1.41. The lowest BCUT2D eigenvalue weighted by molar-refractivity contribution is 0.0281. The fourth-order valence-corrected chi connectivity index (χ4v) is 3.28. The molecule has 2 aromatic rings. The van der Waals surface area contributed by atoms with E-state index in [1.54, 1.807) is 25.9 Å². The second-order valence-electron chi connectivity index (χ2n) is 6.17. The van der Waals surface area contributed by atoms with E-state index >= 15 is 0 Å². The predicted octanol–water partition coefficient (Wildman–Crippen LogP) is 3.31. The Morgan fingerprint density at radius 3 is 2.57 bits per heavy atom. The minimum atomic E-state index is -0.955. The van der Waals surface area contributed by atoms with E-state index in [0.717, 1.165) is 11.1 Å². The van der Waals surface area contributed by atoms with Crippen LogP contribution in [-0.4, -0.2) is 35.2 Å². The van der Waals surface area contributed by atoms with Gasteiger partial charge in [0.15, 0.2) is 0 Å². The van der Waals surface area contributed by atoms with Crippen LogP contribution in [0.4, 0.5) is 0 Å². The van der Waals surface area contributed by atoms with Gasteiger partial charge in [-0.15, -0.1) is 11.3 Å². The van der Waals surface area contributed by atoms with Crippen molar-refractivity contribution in [3.8, 4) is 0 Å². The molecule has 0 atom stereocenters. The Balaban J connectivity index is 2.25. The van der Waals surface area contributed by atoms with Crippen LogP contribution in [-0.2, 0) is 17.9 Å². The second kappa shape index (κ2) is 7.73. The maximum Gasteiger partial charge on any atom is 0.264 e. The normalized spacial score (nSPS) is 11.5. The third-order valence-corrected chi connectivity index (χ3v) is 4.27. The molecule has 5 heteroatoms. The molecule has 4 nitrogen and oxygen atoms in total. The molecule has 1 aromatic carbocycles. The van der Waals surface area contributed by atoms with E-state index in [9.17, 15) is 9.90 Å². The van der Waals surface area contributed by atoms with Crippen LogP contribution in [0.3, 0.4) is 0 Å². The van der Waals surface area contributed by atoms with Gasteiger partial charge in [0.1, 0.15) is 0 Å². The van der Waals surface area contributed by atoms with E-state index in [1.165, 1.54) is 11.3 Å². The van der Waals surface area contributed by atoms with Crippen LogP contribution in [0.1, 0.15) is 34.6 Å². The number of carbonyl (C=O) groups excluding carboxylic acids is 1. The zero-order chi connectivity index (χ0) is 16.9. The lowest BCUT2D eigenvalue weighted by Gasteiger charge is -2.29. The summed E-state index contributed by atoms with van der Waals surface area (Å²) in [5.41, 5.74) is 0.967.